The van der Waals surface area contributed by atoms with Gasteiger partial charge < -0.3 is 15.6 Å². The lowest BCUT2D eigenvalue weighted by atomic mass is 10.1. The first-order valence-corrected chi connectivity index (χ1v) is 5.00. The molecule has 1 aromatic rings. The molecule has 1 amide bonds. The van der Waals surface area contributed by atoms with Crippen LogP contribution in [-0.2, 0) is 4.79 Å². The van der Waals surface area contributed by atoms with Crippen LogP contribution in [0.3, 0.4) is 0 Å². The summed E-state index contributed by atoms with van der Waals surface area (Å²) in [7, 11) is 0. The Morgan fingerprint density at radius 3 is 3.21 bits per heavy atom. The van der Waals surface area contributed by atoms with E-state index < -0.39 is 0 Å². The summed E-state index contributed by atoms with van der Waals surface area (Å²) in [5.41, 5.74) is 0.841. The van der Waals surface area contributed by atoms with Gasteiger partial charge in [0, 0.05) is 24.9 Å². The van der Waals surface area contributed by atoms with Crippen molar-refractivity contribution < 1.29 is 4.79 Å². The smallest absolute Gasteiger partial charge is 0.225 e. The zero-order chi connectivity index (χ0) is 9.80. The number of hydrogen-bond acceptors (Lipinski definition) is 2. The van der Waals surface area contributed by atoms with Gasteiger partial charge in [0.25, 0.3) is 0 Å². The third-order valence-corrected chi connectivity index (χ3v) is 2.48. The number of H-pyrrole nitrogens is 1. The van der Waals surface area contributed by atoms with Gasteiger partial charge in [0.15, 0.2) is 0 Å². The molecule has 1 unspecified atom stereocenters. The molecule has 0 spiro atoms. The zero-order valence-corrected chi connectivity index (χ0v) is 8.05. The lowest BCUT2D eigenvalue weighted by Crippen LogP contribution is -2.27. The number of anilines is 1. The van der Waals surface area contributed by atoms with E-state index in [1.165, 1.54) is 6.42 Å². The fourth-order valence-corrected chi connectivity index (χ4v) is 1.77. The molecule has 0 saturated carbocycles. The molecule has 4 heteroatoms. The molecule has 1 aliphatic rings. The van der Waals surface area contributed by atoms with Gasteiger partial charge in [0.2, 0.25) is 5.91 Å². The average Bonchev–Trinajstić information content (AvgIpc) is 2.76. The highest BCUT2D eigenvalue weighted by Crippen LogP contribution is 2.10. The molecule has 0 radical (unpaired) electrons. The number of carbonyl (C=O) groups excluding carboxylic acids is 1. The van der Waals surface area contributed by atoms with Crippen LogP contribution in [-0.4, -0.2) is 23.5 Å². The minimum atomic E-state index is 0.0870. The van der Waals surface area contributed by atoms with E-state index in [-0.39, 0.29) is 5.91 Å². The Labute approximate surface area is 83.1 Å². The Bertz CT molecular complexity index is 288. The number of carbonyl (C=O) groups is 1. The first kappa shape index (κ1) is 9.27. The van der Waals surface area contributed by atoms with E-state index in [0.717, 1.165) is 18.7 Å². The minimum absolute atomic E-state index is 0.0870. The third kappa shape index (κ3) is 2.35. The van der Waals surface area contributed by atoms with Gasteiger partial charge in [0.1, 0.15) is 0 Å². The molecule has 4 nitrogen and oxygen atoms in total. The van der Waals surface area contributed by atoms with E-state index in [1.54, 1.807) is 12.4 Å². The largest absolute Gasteiger partial charge is 0.366 e. The fraction of sp³-hybridized carbons (Fsp3) is 0.500. The SMILES string of the molecule is O=C(CC1CCCN1)Nc1cc[nH]c1. The second-order valence-electron chi connectivity index (χ2n) is 3.65. The summed E-state index contributed by atoms with van der Waals surface area (Å²) in [6, 6.07) is 2.22. The molecule has 14 heavy (non-hydrogen) atoms. The Hall–Kier alpha value is -1.29. The van der Waals surface area contributed by atoms with E-state index in [2.05, 4.69) is 15.6 Å². The van der Waals surface area contributed by atoms with Crippen molar-refractivity contribution in [1.82, 2.24) is 10.3 Å². The number of hydrogen-bond donors (Lipinski definition) is 3. The van der Waals surface area contributed by atoms with Crippen molar-refractivity contribution in [3.8, 4) is 0 Å². The van der Waals surface area contributed by atoms with E-state index in [9.17, 15) is 4.79 Å². The second kappa shape index (κ2) is 4.28. The first-order valence-electron chi connectivity index (χ1n) is 5.00. The zero-order valence-electron chi connectivity index (χ0n) is 8.05. The van der Waals surface area contributed by atoms with Crippen molar-refractivity contribution in [2.75, 3.05) is 11.9 Å². The molecule has 2 rings (SSSR count). The van der Waals surface area contributed by atoms with Crippen LogP contribution in [0.5, 0.6) is 0 Å². The molecule has 0 bridgehead atoms. The quantitative estimate of drug-likeness (QED) is 0.673. The minimum Gasteiger partial charge on any atom is -0.366 e. The normalized spacial score (nSPS) is 21.0. The van der Waals surface area contributed by atoms with Crippen LogP contribution < -0.4 is 10.6 Å². The molecule has 1 saturated heterocycles. The molecule has 0 aliphatic carbocycles. The summed E-state index contributed by atoms with van der Waals surface area (Å²) in [5, 5.41) is 6.14. The van der Waals surface area contributed by atoms with E-state index >= 15 is 0 Å². The van der Waals surface area contributed by atoms with E-state index in [1.807, 2.05) is 6.07 Å². The molecule has 3 N–H and O–H groups in total. The molecular weight excluding hydrogens is 178 g/mol. The third-order valence-electron chi connectivity index (χ3n) is 2.48. The molecule has 1 aliphatic heterocycles. The Morgan fingerprint density at radius 1 is 1.64 bits per heavy atom. The fourth-order valence-electron chi connectivity index (χ4n) is 1.77. The molecule has 76 valence electrons. The van der Waals surface area contributed by atoms with Gasteiger partial charge in [-0.3, -0.25) is 4.79 Å². The monoisotopic (exact) mass is 193 g/mol. The number of aromatic nitrogens is 1. The van der Waals surface area contributed by atoms with E-state index in [4.69, 9.17) is 0 Å². The number of rotatable bonds is 3. The number of aromatic amines is 1. The summed E-state index contributed by atoms with van der Waals surface area (Å²) < 4.78 is 0. The Morgan fingerprint density at radius 2 is 2.57 bits per heavy atom. The average molecular weight is 193 g/mol. The summed E-state index contributed by atoms with van der Waals surface area (Å²) in [6.07, 6.45) is 6.44. The number of nitrogens with one attached hydrogen (secondary N) is 3. The first-order chi connectivity index (χ1) is 6.84. The second-order valence-corrected chi connectivity index (χ2v) is 3.65. The standard InChI is InChI=1S/C10H15N3O/c14-10(6-8-2-1-4-12-8)13-9-3-5-11-7-9/h3,5,7-8,11-12H,1-2,4,6H2,(H,13,14). The van der Waals surface area contributed by atoms with Gasteiger partial charge in [-0.05, 0) is 25.5 Å². The molecule has 2 heterocycles. The summed E-state index contributed by atoms with van der Waals surface area (Å²) >= 11 is 0. The van der Waals surface area contributed by atoms with Crippen molar-refractivity contribution >= 4 is 11.6 Å². The van der Waals surface area contributed by atoms with E-state index in [0.29, 0.717) is 12.5 Å². The predicted octanol–water partition coefficient (Wildman–Crippen LogP) is 1.10. The van der Waals surface area contributed by atoms with Crippen LogP contribution in [0.4, 0.5) is 5.69 Å². The molecule has 1 atom stereocenters. The summed E-state index contributed by atoms with van der Waals surface area (Å²) in [5.74, 6) is 0.0870. The highest BCUT2D eigenvalue weighted by Gasteiger charge is 2.17. The van der Waals surface area contributed by atoms with Crippen LogP contribution >= 0.6 is 0 Å². The van der Waals surface area contributed by atoms with Crippen molar-refractivity contribution in [1.29, 1.82) is 0 Å². The summed E-state index contributed by atoms with van der Waals surface area (Å²) in [6.45, 7) is 1.04. The highest BCUT2D eigenvalue weighted by molar-refractivity contribution is 5.90. The van der Waals surface area contributed by atoms with Crippen LogP contribution in [0.25, 0.3) is 0 Å². The van der Waals surface area contributed by atoms with Gasteiger partial charge in [-0.25, -0.2) is 0 Å². The van der Waals surface area contributed by atoms with Gasteiger partial charge in [0.05, 0.1) is 5.69 Å². The van der Waals surface area contributed by atoms with Crippen molar-refractivity contribution in [3.63, 3.8) is 0 Å². The molecule has 1 fully saturated rings. The van der Waals surface area contributed by atoms with Gasteiger partial charge >= 0.3 is 0 Å². The highest BCUT2D eigenvalue weighted by atomic mass is 16.1. The molecular formula is C10H15N3O. The lowest BCUT2D eigenvalue weighted by Gasteiger charge is -2.09. The Kier molecular flexibility index (Phi) is 2.84. The van der Waals surface area contributed by atoms with Crippen LogP contribution in [0.15, 0.2) is 18.5 Å². The summed E-state index contributed by atoms with van der Waals surface area (Å²) in [4.78, 5) is 14.4. The van der Waals surface area contributed by atoms with Crippen molar-refractivity contribution in [2.24, 2.45) is 0 Å². The van der Waals surface area contributed by atoms with Crippen LogP contribution in [0.2, 0.25) is 0 Å². The lowest BCUT2D eigenvalue weighted by molar-refractivity contribution is -0.116. The van der Waals surface area contributed by atoms with Crippen LogP contribution in [0, 0.1) is 0 Å². The van der Waals surface area contributed by atoms with Gasteiger partial charge in [-0.15, -0.1) is 0 Å². The molecule has 0 aromatic carbocycles. The van der Waals surface area contributed by atoms with Gasteiger partial charge in [-0.2, -0.15) is 0 Å². The maximum absolute atomic E-state index is 11.5. The maximum atomic E-state index is 11.5. The predicted molar refractivity (Wildman–Crippen MR) is 55.1 cm³/mol. The molecule has 1 aromatic heterocycles. The van der Waals surface area contributed by atoms with Gasteiger partial charge in [-0.1, -0.05) is 0 Å². The van der Waals surface area contributed by atoms with Crippen molar-refractivity contribution in [2.45, 2.75) is 25.3 Å². The maximum Gasteiger partial charge on any atom is 0.225 e. The van der Waals surface area contributed by atoms with Crippen LogP contribution in [0.1, 0.15) is 19.3 Å². The topological polar surface area (TPSA) is 56.9 Å². The number of amides is 1. The van der Waals surface area contributed by atoms with Crippen molar-refractivity contribution in [3.05, 3.63) is 18.5 Å². The Balaban J connectivity index is 1.78.